The van der Waals surface area contributed by atoms with Gasteiger partial charge in [0.25, 0.3) is 5.91 Å². The number of ether oxygens (including phenoxy) is 1. The monoisotopic (exact) mass is 352 g/mol. The second-order valence-electron chi connectivity index (χ2n) is 6.88. The van der Waals surface area contributed by atoms with Crippen molar-refractivity contribution in [2.75, 3.05) is 20.3 Å². The first-order valence-corrected chi connectivity index (χ1v) is 9.14. The number of hydrogen-bond acceptors (Lipinski definition) is 3. The first kappa shape index (κ1) is 16.8. The second kappa shape index (κ2) is 7.33. The fourth-order valence-electron chi connectivity index (χ4n) is 3.79. The predicted octanol–water partition coefficient (Wildman–Crippen LogP) is 3.05. The molecule has 2 aromatic heterocycles. The lowest BCUT2D eigenvalue weighted by Crippen LogP contribution is -2.46. The Morgan fingerprint density at radius 2 is 2.19 bits per heavy atom. The van der Waals surface area contributed by atoms with Gasteiger partial charge in [-0.15, -0.1) is 0 Å². The Balaban J connectivity index is 1.51. The summed E-state index contributed by atoms with van der Waals surface area (Å²) in [5, 5.41) is 8.51. The molecule has 1 aliphatic heterocycles. The zero-order valence-electron chi connectivity index (χ0n) is 15.0. The molecule has 6 heteroatoms. The third kappa shape index (κ3) is 3.24. The molecule has 4 rings (SSSR count). The number of aromatic nitrogens is 3. The Labute approximate surface area is 152 Å². The number of H-pyrrole nitrogens is 1. The molecule has 1 aromatic carbocycles. The van der Waals surface area contributed by atoms with E-state index in [1.165, 1.54) is 10.9 Å². The van der Waals surface area contributed by atoms with Crippen molar-refractivity contribution < 1.29 is 9.53 Å². The number of methoxy groups -OCH3 is 1. The lowest BCUT2D eigenvalue weighted by atomic mass is 10.0. The molecule has 3 aromatic rings. The van der Waals surface area contributed by atoms with Crippen LogP contribution in [0.2, 0.25) is 0 Å². The molecular formula is C20H24N4O2. The average Bonchev–Trinajstić information content (AvgIpc) is 3.30. The minimum atomic E-state index is -0.00776. The van der Waals surface area contributed by atoms with Gasteiger partial charge in [0, 0.05) is 25.4 Å². The van der Waals surface area contributed by atoms with Crippen LogP contribution >= 0.6 is 0 Å². The summed E-state index contributed by atoms with van der Waals surface area (Å²) >= 11 is 0. The molecule has 1 N–H and O–H groups in total. The molecule has 6 nitrogen and oxygen atoms in total. The quantitative estimate of drug-likeness (QED) is 0.768. The number of benzene rings is 1. The summed E-state index contributed by atoms with van der Waals surface area (Å²) in [6.45, 7) is 2.02. The minimum Gasteiger partial charge on any atom is -0.383 e. The van der Waals surface area contributed by atoms with Gasteiger partial charge in [0.1, 0.15) is 5.69 Å². The van der Waals surface area contributed by atoms with Gasteiger partial charge in [-0.25, -0.2) is 0 Å². The highest BCUT2D eigenvalue weighted by Gasteiger charge is 2.28. The van der Waals surface area contributed by atoms with Gasteiger partial charge in [-0.1, -0.05) is 18.2 Å². The number of rotatable bonds is 5. The van der Waals surface area contributed by atoms with Crippen LogP contribution < -0.4 is 0 Å². The number of fused-ring (bicyclic) bond motifs is 1. The van der Waals surface area contributed by atoms with Crippen LogP contribution in [0.1, 0.15) is 35.4 Å². The lowest BCUT2D eigenvalue weighted by Gasteiger charge is -2.34. The smallest absolute Gasteiger partial charge is 0.274 e. The molecule has 136 valence electrons. The number of likely N-dealkylation sites (tertiary alicyclic amines) is 1. The summed E-state index contributed by atoms with van der Waals surface area (Å²) in [5.74, 6) is -0.00776. The summed E-state index contributed by atoms with van der Waals surface area (Å²) < 4.78 is 7.45. The van der Waals surface area contributed by atoms with E-state index >= 15 is 0 Å². The van der Waals surface area contributed by atoms with E-state index in [4.69, 9.17) is 4.74 Å². The van der Waals surface area contributed by atoms with E-state index in [-0.39, 0.29) is 11.9 Å². The van der Waals surface area contributed by atoms with Crippen LogP contribution in [0, 0.1) is 0 Å². The minimum absolute atomic E-state index is 0.00776. The molecule has 1 atom stereocenters. The third-order valence-corrected chi connectivity index (χ3v) is 5.12. The molecule has 0 spiro atoms. The summed E-state index contributed by atoms with van der Waals surface area (Å²) in [5.41, 5.74) is 2.58. The first-order chi connectivity index (χ1) is 12.8. The van der Waals surface area contributed by atoms with E-state index < -0.39 is 0 Å². The average molecular weight is 352 g/mol. The molecule has 0 aliphatic carbocycles. The van der Waals surface area contributed by atoms with Gasteiger partial charge >= 0.3 is 0 Å². The van der Waals surface area contributed by atoms with Gasteiger partial charge in [-0.3, -0.25) is 9.89 Å². The number of hydrogen-bond donors (Lipinski definition) is 1. The maximum atomic E-state index is 12.9. The van der Waals surface area contributed by atoms with Gasteiger partial charge in [0.15, 0.2) is 0 Å². The van der Waals surface area contributed by atoms with Gasteiger partial charge < -0.3 is 14.2 Å². The number of nitrogens with zero attached hydrogens (tertiary/aromatic N) is 3. The van der Waals surface area contributed by atoms with Crippen molar-refractivity contribution in [2.24, 2.45) is 0 Å². The molecule has 0 saturated carbocycles. The number of amides is 1. The molecule has 0 bridgehead atoms. The highest BCUT2D eigenvalue weighted by atomic mass is 16.5. The molecule has 1 amide bonds. The zero-order valence-corrected chi connectivity index (χ0v) is 15.0. The number of carbonyl (C=O) groups excluding carboxylic acids is 1. The number of piperidine rings is 1. The van der Waals surface area contributed by atoms with E-state index in [0.29, 0.717) is 18.8 Å². The van der Waals surface area contributed by atoms with E-state index in [9.17, 15) is 4.79 Å². The highest BCUT2D eigenvalue weighted by Crippen LogP contribution is 2.20. The van der Waals surface area contributed by atoms with Crippen LogP contribution in [0.15, 0.2) is 42.6 Å². The Kier molecular flexibility index (Phi) is 4.75. The van der Waals surface area contributed by atoms with Gasteiger partial charge in [-0.05, 0) is 42.8 Å². The topological polar surface area (TPSA) is 63.1 Å². The first-order valence-electron chi connectivity index (χ1n) is 9.14. The van der Waals surface area contributed by atoms with Crippen molar-refractivity contribution >= 4 is 16.8 Å². The van der Waals surface area contributed by atoms with Crippen molar-refractivity contribution in [2.45, 2.75) is 31.8 Å². The Morgan fingerprint density at radius 1 is 1.31 bits per heavy atom. The van der Waals surface area contributed by atoms with E-state index in [2.05, 4.69) is 39.2 Å². The van der Waals surface area contributed by atoms with Crippen molar-refractivity contribution in [3.8, 4) is 0 Å². The zero-order chi connectivity index (χ0) is 17.9. The summed E-state index contributed by atoms with van der Waals surface area (Å²) in [6.07, 6.45) is 5.24. The Hall–Kier alpha value is -2.60. The molecular weight excluding hydrogens is 328 g/mol. The van der Waals surface area contributed by atoms with Crippen LogP contribution in [0.4, 0.5) is 0 Å². The normalized spacial score (nSPS) is 17.7. The van der Waals surface area contributed by atoms with Crippen molar-refractivity contribution in [3.05, 3.63) is 54.0 Å². The predicted molar refractivity (Wildman–Crippen MR) is 100 cm³/mol. The molecule has 3 heterocycles. The Bertz CT molecular complexity index is 896. The largest absolute Gasteiger partial charge is 0.383 e. The fraction of sp³-hybridized carbons (Fsp3) is 0.400. The SMILES string of the molecule is COCC1CCCCN1C(=O)c1cc(Cn2ccc3ccccc32)[nH]n1. The Morgan fingerprint density at radius 3 is 3.08 bits per heavy atom. The van der Waals surface area contributed by atoms with Crippen LogP contribution in [0.25, 0.3) is 10.9 Å². The highest BCUT2D eigenvalue weighted by molar-refractivity contribution is 5.92. The van der Waals surface area contributed by atoms with Crippen LogP contribution in [-0.2, 0) is 11.3 Å². The van der Waals surface area contributed by atoms with E-state index in [0.717, 1.165) is 31.5 Å². The number of carbonyl (C=O) groups is 1. The molecule has 1 saturated heterocycles. The van der Waals surface area contributed by atoms with Gasteiger partial charge in [0.05, 0.1) is 24.9 Å². The maximum Gasteiger partial charge on any atom is 0.274 e. The van der Waals surface area contributed by atoms with E-state index in [1.807, 2.05) is 23.1 Å². The molecule has 1 aliphatic rings. The summed E-state index contributed by atoms with van der Waals surface area (Å²) in [4.78, 5) is 14.8. The fourth-order valence-corrected chi connectivity index (χ4v) is 3.79. The van der Waals surface area contributed by atoms with Crippen molar-refractivity contribution in [1.82, 2.24) is 19.7 Å². The number of nitrogens with one attached hydrogen (secondary N) is 1. The van der Waals surface area contributed by atoms with Crippen molar-refractivity contribution in [3.63, 3.8) is 0 Å². The summed E-state index contributed by atoms with van der Waals surface area (Å²) in [6, 6.07) is 12.4. The van der Waals surface area contributed by atoms with Gasteiger partial charge in [0.2, 0.25) is 0 Å². The van der Waals surface area contributed by atoms with Gasteiger partial charge in [-0.2, -0.15) is 5.10 Å². The van der Waals surface area contributed by atoms with Crippen LogP contribution in [0.5, 0.6) is 0 Å². The third-order valence-electron chi connectivity index (χ3n) is 5.12. The molecule has 0 radical (unpaired) electrons. The van der Waals surface area contributed by atoms with Crippen LogP contribution in [0.3, 0.4) is 0 Å². The molecule has 1 unspecified atom stereocenters. The second-order valence-corrected chi connectivity index (χ2v) is 6.88. The lowest BCUT2D eigenvalue weighted by molar-refractivity contribution is 0.0423. The number of aromatic amines is 1. The summed E-state index contributed by atoms with van der Waals surface area (Å²) in [7, 11) is 1.69. The van der Waals surface area contributed by atoms with Crippen LogP contribution in [-0.4, -0.2) is 51.9 Å². The van der Waals surface area contributed by atoms with E-state index in [1.54, 1.807) is 7.11 Å². The molecule has 1 fully saturated rings. The maximum absolute atomic E-state index is 12.9. The standard InChI is InChI=1S/C20H24N4O2/c1-26-14-17-7-4-5-10-24(17)20(25)18-12-16(21-22-18)13-23-11-9-15-6-2-3-8-19(15)23/h2-3,6,8-9,11-12,17H,4-5,7,10,13-14H2,1H3,(H,21,22). The number of para-hydroxylation sites is 1. The van der Waals surface area contributed by atoms with Crippen molar-refractivity contribution in [1.29, 1.82) is 0 Å². The molecule has 26 heavy (non-hydrogen) atoms.